The number of carbonyl (C=O) groups excluding carboxylic acids is 1. The lowest BCUT2D eigenvalue weighted by atomic mass is 10.2. The van der Waals surface area contributed by atoms with Crippen molar-refractivity contribution < 1.29 is 14.1 Å². The van der Waals surface area contributed by atoms with Gasteiger partial charge in [-0.2, -0.15) is 4.98 Å². The number of halogens is 1. The van der Waals surface area contributed by atoms with E-state index in [0.29, 0.717) is 43.9 Å². The molecule has 0 radical (unpaired) electrons. The lowest BCUT2D eigenvalue weighted by Gasteiger charge is -2.33. The third kappa shape index (κ3) is 5.02. The van der Waals surface area contributed by atoms with E-state index < -0.39 is 0 Å². The maximum absolute atomic E-state index is 12.0. The second kappa shape index (κ2) is 8.29. The first kappa shape index (κ1) is 18.3. The van der Waals surface area contributed by atoms with Gasteiger partial charge in [-0.15, -0.1) is 11.3 Å². The number of hydrogen-bond donors (Lipinski definition) is 0. The van der Waals surface area contributed by atoms with Crippen molar-refractivity contribution in [2.45, 2.75) is 20.4 Å². The van der Waals surface area contributed by atoms with Crippen LogP contribution in [0, 0.1) is 5.92 Å². The van der Waals surface area contributed by atoms with E-state index in [-0.39, 0.29) is 6.09 Å². The summed E-state index contributed by atoms with van der Waals surface area (Å²) in [7, 11) is 0. The van der Waals surface area contributed by atoms with Crippen molar-refractivity contribution in [3.05, 3.63) is 21.8 Å². The molecule has 1 saturated heterocycles. The van der Waals surface area contributed by atoms with E-state index in [2.05, 4.69) is 31.0 Å². The van der Waals surface area contributed by atoms with Crippen LogP contribution >= 0.6 is 27.3 Å². The Balaban J connectivity index is 1.48. The van der Waals surface area contributed by atoms with Gasteiger partial charge in [0, 0.05) is 36.0 Å². The van der Waals surface area contributed by atoms with Gasteiger partial charge in [0.25, 0.3) is 0 Å². The number of carbonyl (C=O) groups is 1. The highest BCUT2D eigenvalue weighted by Gasteiger charge is 2.23. The number of aromatic nitrogens is 2. The molecule has 2 aromatic rings. The Morgan fingerprint density at radius 3 is 2.80 bits per heavy atom. The number of amides is 1. The predicted molar refractivity (Wildman–Crippen MR) is 98.3 cm³/mol. The maximum atomic E-state index is 12.0. The van der Waals surface area contributed by atoms with E-state index in [1.54, 1.807) is 16.2 Å². The summed E-state index contributed by atoms with van der Waals surface area (Å²) in [5.74, 6) is 1.55. The minimum absolute atomic E-state index is 0.225. The Labute approximate surface area is 159 Å². The summed E-state index contributed by atoms with van der Waals surface area (Å²) in [6.45, 7) is 7.93. The van der Waals surface area contributed by atoms with Gasteiger partial charge in [-0.3, -0.25) is 4.90 Å². The molecule has 0 spiro atoms. The number of piperazine rings is 1. The second-order valence-electron chi connectivity index (χ2n) is 6.37. The van der Waals surface area contributed by atoms with Crippen LogP contribution in [0.4, 0.5) is 4.79 Å². The molecule has 2 aromatic heterocycles. The highest BCUT2D eigenvalue weighted by molar-refractivity contribution is 9.10. The van der Waals surface area contributed by atoms with Crippen molar-refractivity contribution in [2.75, 3.05) is 32.8 Å². The fourth-order valence-corrected chi connectivity index (χ4v) is 3.81. The molecule has 1 aliphatic heterocycles. The number of hydrogen-bond acceptors (Lipinski definition) is 7. The van der Waals surface area contributed by atoms with Gasteiger partial charge in [0.2, 0.25) is 11.7 Å². The third-order valence-corrected chi connectivity index (χ3v) is 5.47. The van der Waals surface area contributed by atoms with Crippen LogP contribution in [-0.2, 0) is 11.3 Å². The van der Waals surface area contributed by atoms with Crippen LogP contribution in [0.25, 0.3) is 10.7 Å². The Bertz CT molecular complexity index is 710. The molecule has 25 heavy (non-hydrogen) atoms. The number of rotatable bonds is 5. The van der Waals surface area contributed by atoms with Gasteiger partial charge in [-0.25, -0.2) is 4.79 Å². The zero-order valence-corrected chi connectivity index (χ0v) is 16.7. The highest BCUT2D eigenvalue weighted by Crippen LogP contribution is 2.27. The zero-order chi connectivity index (χ0) is 17.8. The summed E-state index contributed by atoms with van der Waals surface area (Å²) in [6.07, 6.45) is -0.225. The second-order valence-corrected chi connectivity index (χ2v) is 8.20. The fraction of sp³-hybridized carbons (Fsp3) is 0.562. The molecule has 0 aromatic carbocycles. The summed E-state index contributed by atoms with van der Waals surface area (Å²) < 4.78 is 11.6. The van der Waals surface area contributed by atoms with Crippen LogP contribution in [0.5, 0.6) is 0 Å². The Morgan fingerprint density at radius 2 is 2.16 bits per heavy atom. The van der Waals surface area contributed by atoms with Crippen LogP contribution in [0.3, 0.4) is 0 Å². The standard InChI is InChI=1S/C16H21BrN4O3S/c1-11(2)9-23-16(22)21-5-3-20(4-6-21)8-14-18-15(19-24-14)13-7-12(17)10-25-13/h7,10-11H,3-6,8-9H2,1-2H3. The highest BCUT2D eigenvalue weighted by atomic mass is 79.9. The fourth-order valence-electron chi connectivity index (χ4n) is 2.46. The maximum Gasteiger partial charge on any atom is 0.409 e. The van der Waals surface area contributed by atoms with Gasteiger partial charge in [-0.05, 0) is 27.9 Å². The van der Waals surface area contributed by atoms with Crippen LogP contribution in [0.2, 0.25) is 0 Å². The van der Waals surface area contributed by atoms with E-state index in [1.807, 2.05) is 25.3 Å². The SMILES string of the molecule is CC(C)COC(=O)N1CCN(Cc2nc(-c3cc(Br)cs3)no2)CC1. The van der Waals surface area contributed by atoms with E-state index in [1.165, 1.54) is 0 Å². The quantitative estimate of drug-likeness (QED) is 0.725. The summed E-state index contributed by atoms with van der Waals surface area (Å²) in [4.78, 5) is 21.4. The van der Waals surface area contributed by atoms with Crippen molar-refractivity contribution in [1.82, 2.24) is 19.9 Å². The van der Waals surface area contributed by atoms with Crippen molar-refractivity contribution >= 4 is 33.4 Å². The molecule has 3 rings (SSSR count). The lowest BCUT2D eigenvalue weighted by Crippen LogP contribution is -2.48. The molecular formula is C16H21BrN4O3S. The van der Waals surface area contributed by atoms with Crippen LogP contribution in [-0.4, -0.2) is 58.8 Å². The summed E-state index contributed by atoms with van der Waals surface area (Å²) in [5.41, 5.74) is 0. The molecule has 136 valence electrons. The van der Waals surface area contributed by atoms with Gasteiger partial charge in [0.05, 0.1) is 18.0 Å². The molecule has 7 nitrogen and oxygen atoms in total. The van der Waals surface area contributed by atoms with E-state index in [0.717, 1.165) is 22.4 Å². The van der Waals surface area contributed by atoms with Gasteiger partial charge >= 0.3 is 6.09 Å². The minimum atomic E-state index is -0.225. The van der Waals surface area contributed by atoms with E-state index in [4.69, 9.17) is 9.26 Å². The molecule has 9 heteroatoms. The molecular weight excluding hydrogens is 408 g/mol. The molecule has 1 fully saturated rings. The minimum Gasteiger partial charge on any atom is -0.449 e. The molecule has 0 aliphatic carbocycles. The summed E-state index contributed by atoms with van der Waals surface area (Å²) in [6, 6.07) is 1.97. The van der Waals surface area contributed by atoms with Gasteiger partial charge in [0.15, 0.2) is 0 Å². The average molecular weight is 429 g/mol. The summed E-state index contributed by atoms with van der Waals surface area (Å²) >= 11 is 4.99. The molecule has 1 aliphatic rings. The molecule has 0 atom stereocenters. The van der Waals surface area contributed by atoms with Gasteiger partial charge < -0.3 is 14.2 Å². The number of nitrogens with zero attached hydrogens (tertiary/aromatic N) is 4. The zero-order valence-electron chi connectivity index (χ0n) is 14.3. The molecule has 0 bridgehead atoms. The molecule has 0 saturated carbocycles. The topological polar surface area (TPSA) is 71.7 Å². The largest absolute Gasteiger partial charge is 0.449 e. The van der Waals surface area contributed by atoms with E-state index >= 15 is 0 Å². The Kier molecular flexibility index (Phi) is 6.08. The molecule has 0 unspecified atom stereocenters. The molecule has 0 N–H and O–H groups in total. The first-order valence-electron chi connectivity index (χ1n) is 8.22. The first-order valence-corrected chi connectivity index (χ1v) is 9.89. The van der Waals surface area contributed by atoms with Crippen molar-refractivity contribution in [1.29, 1.82) is 0 Å². The predicted octanol–water partition coefficient (Wildman–Crippen LogP) is 3.47. The molecule has 3 heterocycles. The normalized spacial score (nSPS) is 15.8. The van der Waals surface area contributed by atoms with Crippen molar-refractivity contribution in [3.63, 3.8) is 0 Å². The smallest absolute Gasteiger partial charge is 0.409 e. The van der Waals surface area contributed by atoms with Crippen LogP contribution in [0.15, 0.2) is 20.4 Å². The van der Waals surface area contributed by atoms with Gasteiger partial charge in [0.1, 0.15) is 0 Å². The van der Waals surface area contributed by atoms with Crippen LogP contribution < -0.4 is 0 Å². The Morgan fingerprint density at radius 1 is 1.40 bits per heavy atom. The van der Waals surface area contributed by atoms with Crippen molar-refractivity contribution in [3.8, 4) is 10.7 Å². The molecule has 1 amide bonds. The summed E-state index contributed by atoms with van der Waals surface area (Å²) in [5, 5.41) is 6.03. The van der Waals surface area contributed by atoms with Crippen molar-refractivity contribution in [2.24, 2.45) is 5.92 Å². The number of ether oxygens (including phenoxy) is 1. The lowest BCUT2D eigenvalue weighted by molar-refractivity contribution is 0.0652. The van der Waals surface area contributed by atoms with E-state index in [9.17, 15) is 4.79 Å². The average Bonchev–Trinajstić information content (AvgIpc) is 3.22. The number of thiophene rings is 1. The monoisotopic (exact) mass is 428 g/mol. The third-order valence-electron chi connectivity index (χ3n) is 3.79. The van der Waals surface area contributed by atoms with Gasteiger partial charge in [-0.1, -0.05) is 19.0 Å². The first-order chi connectivity index (χ1) is 12.0. The van der Waals surface area contributed by atoms with Crippen LogP contribution in [0.1, 0.15) is 19.7 Å². The Hall–Kier alpha value is -1.45.